The van der Waals surface area contributed by atoms with Gasteiger partial charge in [-0.3, -0.25) is 9.69 Å². The zero-order chi connectivity index (χ0) is 19.9. The molecule has 0 aliphatic carbocycles. The summed E-state index contributed by atoms with van der Waals surface area (Å²) in [6.45, 7) is 10.5. The molecule has 2 amide bonds. The van der Waals surface area contributed by atoms with Crippen LogP contribution in [0.15, 0.2) is 30.3 Å². The van der Waals surface area contributed by atoms with Gasteiger partial charge in [0, 0.05) is 24.8 Å². The van der Waals surface area contributed by atoms with Crippen LogP contribution in [0.1, 0.15) is 34.1 Å². The van der Waals surface area contributed by atoms with Gasteiger partial charge in [0.25, 0.3) is 0 Å². The molecule has 2 atom stereocenters. The number of alkyl carbamates (subject to hydrolysis) is 1. The number of hydrogen-bond acceptors (Lipinski definition) is 5. The molecule has 1 aromatic rings. The van der Waals surface area contributed by atoms with E-state index in [1.807, 2.05) is 30.3 Å². The van der Waals surface area contributed by atoms with Crippen molar-refractivity contribution < 1.29 is 19.1 Å². The second kappa shape index (κ2) is 9.71. The van der Waals surface area contributed by atoms with Gasteiger partial charge >= 0.3 is 6.09 Å². The lowest BCUT2D eigenvalue weighted by Gasteiger charge is -2.34. The minimum absolute atomic E-state index is 0.121. The molecule has 0 saturated carbocycles. The van der Waals surface area contributed by atoms with Crippen LogP contribution in [0, 0.1) is 0 Å². The van der Waals surface area contributed by atoms with Crippen LogP contribution in [0.25, 0.3) is 0 Å². The van der Waals surface area contributed by atoms with Gasteiger partial charge in [-0.05, 0) is 46.2 Å². The average molecular weight is 377 g/mol. The Morgan fingerprint density at radius 1 is 1.19 bits per heavy atom. The van der Waals surface area contributed by atoms with Crippen molar-refractivity contribution >= 4 is 17.7 Å². The van der Waals surface area contributed by atoms with Gasteiger partial charge in [0.2, 0.25) is 5.91 Å². The number of nitrogens with one attached hydrogen (secondary N) is 2. The monoisotopic (exact) mass is 377 g/mol. The van der Waals surface area contributed by atoms with Gasteiger partial charge in [-0.25, -0.2) is 4.79 Å². The zero-order valence-corrected chi connectivity index (χ0v) is 16.7. The molecule has 1 aliphatic heterocycles. The van der Waals surface area contributed by atoms with E-state index < -0.39 is 17.7 Å². The molecular weight excluding hydrogens is 346 g/mol. The van der Waals surface area contributed by atoms with Crippen molar-refractivity contribution in [3.63, 3.8) is 0 Å². The van der Waals surface area contributed by atoms with Crippen molar-refractivity contribution in [1.82, 2.24) is 10.2 Å². The molecule has 0 spiro atoms. The number of nitrogens with zero attached hydrogens (tertiary/aromatic N) is 1. The standard InChI is InChI=1S/C20H31N3O4/c1-15(23-10-12-26-13-11-23)14-17(22-19(25)27-20(2,3)4)18(24)21-16-8-6-5-7-9-16/h5-9,15,17H,10-14H2,1-4H3,(H,21,24)(H,22,25)/t15-,17+/m1/s1. The minimum atomic E-state index is -0.696. The third-order valence-electron chi connectivity index (χ3n) is 4.29. The van der Waals surface area contributed by atoms with E-state index in [4.69, 9.17) is 9.47 Å². The molecule has 0 bridgehead atoms. The van der Waals surface area contributed by atoms with Gasteiger partial charge in [-0.2, -0.15) is 0 Å². The summed E-state index contributed by atoms with van der Waals surface area (Å²) in [6.07, 6.45) is -0.109. The van der Waals surface area contributed by atoms with E-state index >= 15 is 0 Å². The van der Waals surface area contributed by atoms with Crippen LogP contribution in [0.4, 0.5) is 10.5 Å². The van der Waals surface area contributed by atoms with Crippen LogP contribution in [0.2, 0.25) is 0 Å². The summed E-state index contributed by atoms with van der Waals surface area (Å²) in [7, 11) is 0. The van der Waals surface area contributed by atoms with Crippen molar-refractivity contribution in [1.29, 1.82) is 0 Å². The highest BCUT2D eigenvalue weighted by molar-refractivity contribution is 5.96. The summed E-state index contributed by atoms with van der Waals surface area (Å²) in [4.78, 5) is 27.3. The van der Waals surface area contributed by atoms with E-state index in [0.29, 0.717) is 25.3 Å². The molecule has 2 rings (SSSR count). The summed E-state index contributed by atoms with van der Waals surface area (Å²) in [6, 6.07) is 8.63. The molecule has 1 saturated heterocycles. The molecule has 7 heteroatoms. The normalized spacial score (nSPS) is 17.6. The SMILES string of the molecule is C[C@H](C[C@H](NC(=O)OC(C)(C)C)C(=O)Nc1ccccc1)N1CCOCC1. The van der Waals surface area contributed by atoms with Crippen molar-refractivity contribution in [2.45, 2.75) is 51.8 Å². The van der Waals surface area contributed by atoms with E-state index in [2.05, 4.69) is 22.5 Å². The molecule has 1 fully saturated rings. The quantitative estimate of drug-likeness (QED) is 0.797. The number of ether oxygens (including phenoxy) is 2. The van der Waals surface area contributed by atoms with Gasteiger partial charge in [0.15, 0.2) is 0 Å². The number of para-hydroxylation sites is 1. The highest BCUT2D eigenvalue weighted by atomic mass is 16.6. The Kier molecular flexibility index (Phi) is 7.62. The summed E-state index contributed by atoms with van der Waals surface area (Å²) in [5.41, 5.74) is 0.0675. The molecule has 1 aromatic carbocycles. The van der Waals surface area contributed by atoms with Crippen molar-refractivity contribution in [2.24, 2.45) is 0 Å². The smallest absolute Gasteiger partial charge is 0.408 e. The zero-order valence-electron chi connectivity index (χ0n) is 16.7. The Balaban J connectivity index is 2.04. The van der Waals surface area contributed by atoms with Crippen LogP contribution >= 0.6 is 0 Å². The van der Waals surface area contributed by atoms with Gasteiger partial charge in [0.1, 0.15) is 11.6 Å². The Hall–Kier alpha value is -2.12. The Bertz CT molecular complexity index is 609. The molecule has 0 radical (unpaired) electrons. The van der Waals surface area contributed by atoms with Crippen molar-refractivity contribution in [3.8, 4) is 0 Å². The number of carbonyl (C=O) groups is 2. The number of morpholine rings is 1. The summed E-state index contributed by atoms with van der Waals surface area (Å²) in [5, 5.41) is 5.60. The topological polar surface area (TPSA) is 79.9 Å². The largest absolute Gasteiger partial charge is 0.444 e. The lowest BCUT2D eigenvalue weighted by Crippen LogP contribution is -2.50. The first-order chi connectivity index (χ1) is 12.7. The molecular formula is C20H31N3O4. The van der Waals surface area contributed by atoms with E-state index in [1.54, 1.807) is 20.8 Å². The van der Waals surface area contributed by atoms with Crippen LogP contribution < -0.4 is 10.6 Å². The third-order valence-corrected chi connectivity index (χ3v) is 4.29. The maximum absolute atomic E-state index is 12.8. The van der Waals surface area contributed by atoms with Crippen LogP contribution in [0.3, 0.4) is 0 Å². The van der Waals surface area contributed by atoms with Crippen molar-refractivity contribution in [2.75, 3.05) is 31.6 Å². The van der Waals surface area contributed by atoms with Crippen molar-refractivity contribution in [3.05, 3.63) is 30.3 Å². The molecule has 7 nitrogen and oxygen atoms in total. The van der Waals surface area contributed by atoms with Crippen LogP contribution in [0.5, 0.6) is 0 Å². The second-order valence-electron chi connectivity index (χ2n) is 7.79. The maximum atomic E-state index is 12.8. The fraction of sp³-hybridized carbons (Fsp3) is 0.600. The average Bonchev–Trinajstić information content (AvgIpc) is 2.61. The maximum Gasteiger partial charge on any atom is 0.408 e. The summed E-state index contributed by atoms with van der Waals surface area (Å²) >= 11 is 0. The molecule has 1 heterocycles. The lowest BCUT2D eigenvalue weighted by atomic mass is 10.1. The van der Waals surface area contributed by atoms with Crippen LogP contribution in [-0.2, 0) is 14.3 Å². The van der Waals surface area contributed by atoms with E-state index in [9.17, 15) is 9.59 Å². The third kappa shape index (κ3) is 7.56. The second-order valence-corrected chi connectivity index (χ2v) is 7.79. The Morgan fingerprint density at radius 3 is 2.41 bits per heavy atom. The van der Waals surface area contributed by atoms with Gasteiger partial charge in [-0.15, -0.1) is 0 Å². The van der Waals surface area contributed by atoms with Gasteiger partial charge in [-0.1, -0.05) is 18.2 Å². The Morgan fingerprint density at radius 2 is 1.81 bits per heavy atom. The molecule has 27 heavy (non-hydrogen) atoms. The van der Waals surface area contributed by atoms with E-state index in [0.717, 1.165) is 13.1 Å². The summed E-state index contributed by atoms with van der Waals surface area (Å²) in [5.74, 6) is -0.257. The number of rotatable bonds is 6. The predicted octanol–water partition coefficient (Wildman–Crippen LogP) is 2.63. The number of carbonyl (C=O) groups excluding carboxylic acids is 2. The molecule has 0 aromatic heterocycles. The van der Waals surface area contributed by atoms with E-state index in [1.165, 1.54) is 0 Å². The van der Waals surface area contributed by atoms with Gasteiger partial charge in [0.05, 0.1) is 13.2 Å². The molecule has 1 aliphatic rings. The lowest BCUT2D eigenvalue weighted by molar-refractivity contribution is -0.118. The fourth-order valence-electron chi connectivity index (χ4n) is 2.94. The molecule has 0 unspecified atom stereocenters. The molecule has 2 N–H and O–H groups in total. The Labute approximate surface area is 161 Å². The number of anilines is 1. The number of amides is 2. The van der Waals surface area contributed by atoms with E-state index in [-0.39, 0.29) is 11.9 Å². The molecule has 150 valence electrons. The van der Waals surface area contributed by atoms with Crippen LogP contribution in [-0.4, -0.2) is 60.9 Å². The summed E-state index contributed by atoms with van der Waals surface area (Å²) < 4.78 is 10.7. The number of benzene rings is 1. The highest BCUT2D eigenvalue weighted by Gasteiger charge is 2.28. The predicted molar refractivity (Wildman–Crippen MR) is 105 cm³/mol. The first-order valence-corrected chi connectivity index (χ1v) is 9.42. The first kappa shape index (κ1) is 21.2. The highest BCUT2D eigenvalue weighted by Crippen LogP contribution is 2.14. The van der Waals surface area contributed by atoms with Gasteiger partial charge < -0.3 is 20.1 Å². The fourth-order valence-corrected chi connectivity index (χ4v) is 2.94. The number of hydrogen-bond donors (Lipinski definition) is 2. The minimum Gasteiger partial charge on any atom is -0.444 e. The first-order valence-electron chi connectivity index (χ1n) is 9.42.